The molecule has 0 N–H and O–H groups in total. The molecule has 186 valence electrons. The van der Waals surface area contributed by atoms with E-state index in [2.05, 4.69) is 20.0 Å². The van der Waals surface area contributed by atoms with Gasteiger partial charge in [-0.15, -0.1) is 0 Å². The SMILES string of the molecule is C.COc1cc(F)c(Cn2c(=O)n3ncnc3c3cc(CN4C[C@@H](C)O[C@@H](C)C4)cnc32)c(F)c1. The van der Waals surface area contributed by atoms with Gasteiger partial charge < -0.3 is 9.47 Å². The molecule has 0 saturated carbocycles. The summed E-state index contributed by atoms with van der Waals surface area (Å²) in [6.07, 6.45) is 3.20. The van der Waals surface area contributed by atoms with Crippen LogP contribution in [0.5, 0.6) is 5.75 Å². The standard InChI is InChI=1S/C23H24F2N6O3.CH4/c1-13-8-29(9-14(2)34-13)10-15-4-17-21(26-7-15)30(23(32)31-22(17)27-12-28-31)11-18-19(24)5-16(33-3)6-20(18)25;/h4-7,12-14H,8-11H2,1-3H3;1H4/t13-,14+;. The molecule has 1 fully saturated rings. The zero-order chi connectivity index (χ0) is 24.0. The lowest BCUT2D eigenvalue weighted by molar-refractivity contribution is -0.0705. The number of benzene rings is 1. The molecule has 0 radical (unpaired) electrons. The molecule has 1 saturated heterocycles. The van der Waals surface area contributed by atoms with Gasteiger partial charge in [-0.1, -0.05) is 7.43 Å². The van der Waals surface area contributed by atoms with Crippen LogP contribution in [0.4, 0.5) is 8.78 Å². The highest BCUT2D eigenvalue weighted by molar-refractivity contribution is 5.89. The maximum atomic E-state index is 14.7. The first-order valence-corrected chi connectivity index (χ1v) is 10.9. The molecule has 35 heavy (non-hydrogen) atoms. The van der Waals surface area contributed by atoms with Crippen molar-refractivity contribution in [2.24, 2.45) is 0 Å². The molecule has 2 atom stereocenters. The van der Waals surface area contributed by atoms with Crippen LogP contribution in [0.25, 0.3) is 16.7 Å². The minimum absolute atomic E-state index is 0. The molecule has 5 rings (SSSR count). The molecule has 1 aliphatic rings. The summed E-state index contributed by atoms with van der Waals surface area (Å²) in [7, 11) is 1.32. The first-order chi connectivity index (χ1) is 16.3. The zero-order valence-electron chi connectivity index (χ0n) is 19.0. The number of fused-ring (bicyclic) bond motifs is 3. The largest absolute Gasteiger partial charge is 0.497 e. The molecule has 0 aliphatic carbocycles. The van der Waals surface area contributed by atoms with E-state index in [1.165, 1.54) is 18.0 Å². The van der Waals surface area contributed by atoms with Crippen LogP contribution in [-0.2, 0) is 17.8 Å². The third kappa shape index (κ3) is 4.61. The number of rotatable bonds is 5. The molecule has 4 aromatic rings. The van der Waals surface area contributed by atoms with Crippen molar-refractivity contribution in [3.05, 3.63) is 64.0 Å². The monoisotopic (exact) mass is 486 g/mol. The number of hydrogen-bond donors (Lipinski definition) is 0. The number of nitrogens with zero attached hydrogens (tertiary/aromatic N) is 6. The fraction of sp³-hybridized carbons (Fsp3) is 0.417. The summed E-state index contributed by atoms with van der Waals surface area (Å²) < 4.78 is 42.3. The van der Waals surface area contributed by atoms with Crippen molar-refractivity contribution in [3.8, 4) is 5.75 Å². The minimum atomic E-state index is -0.817. The summed E-state index contributed by atoms with van der Waals surface area (Å²) in [5.74, 6) is -1.58. The highest BCUT2D eigenvalue weighted by Crippen LogP contribution is 2.24. The fourth-order valence-corrected chi connectivity index (χ4v) is 4.56. The molecule has 0 spiro atoms. The Morgan fingerprint density at radius 3 is 2.40 bits per heavy atom. The van der Waals surface area contributed by atoms with Crippen LogP contribution in [0.15, 0.2) is 35.5 Å². The predicted molar refractivity (Wildman–Crippen MR) is 127 cm³/mol. The lowest BCUT2D eigenvalue weighted by atomic mass is 10.1. The Bertz CT molecular complexity index is 1400. The van der Waals surface area contributed by atoms with E-state index in [4.69, 9.17) is 9.47 Å². The van der Waals surface area contributed by atoms with Gasteiger partial charge in [0.2, 0.25) is 0 Å². The number of methoxy groups -OCH3 is 1. The van der Waals surface area contributed by atoms with Crippen molar-refractivity contribution < 1.29 is 18.3 Å². The third-order valence-corrected chi connectivity index (χ3v) is 5.95. The number of halogens is 2. The molecular formula is C24H28F2N6O3. The van der Waals surface area contributed by atoms with Gasteiger partial charge in [-0.05, 0) is 25.5 Å². The van der Waals surface area contributed by atoms with Crippen molar-refractivity contribution in [2.45, 2.75) is 46.6 Å². The molecule has 1 aliphatic heterocycles. The van der Waals surface area contributed by atoms with Crippen LogP contribution < -0.4 is 10.4 Å². The maximum absolute atomic E-state index is 14.7. The Hall–Kier alpha value is -3.44. The van der Waals surface area contributed by atoms with Crippen LogP contribution in [0.2, 0.25) is 0 Å². The molecule has 1 aromatic carbocycles. The Balaban J connectivity index is 0.00000289. The molecule has 0 unspecified atom stereocenters. The number of hydrogen-bond acceptors (Lipinski definition) is 7. The Morgan fingerprint density at radius 1 is 1.06 bits per heavy atom. The summed E-state index contributed by atoms with van der Waals surface area (Å²) in [4.78, 5) is 24.1. The summed E-state index contributed by atoms with van der Waals surface area (Å²) >= 11 is 0. The highest BCUT2D eigenvalue weighted by Gasteiger charge is 2.23. The van der Waals surface area contributed by atoms with Crippen LogP contribution in [0, 0.1) is 11.6 Å². The minimum Gasteiger partial charge on any atom is -0.497 e. The first kappa shape index (κ1) is 24.7. The molecule has 0 bridgehead atoms. The maximum Gasteiger partial charge on any atom is 0.352 e. The fourth-order valence-electron chi connectivity index (χ4n) is 4.56. The van der Waals surface area contributed by atoms with E-state index in [0.717, 1.165) is 35.3 Å². The van der Waals surface area contributed by atoms with Gasteiger partial charge in [0.05, 0.1) is 31.2 Å². The van der Waals surface area contributed by atoms with Gasteiger partial charge >= 0.3 is 5.69 Å². The third-order valence-electron chi connectivity index (χ3n) is 5.95. The second-order valence-electron chi connectivity index (χ2n) is 8.60. The summed E-state index contributed by atoms with van der Waals surface area (Å²) in [6, 6.07) is 4.05. The van der Waals surface area contributed by atoms with Crippen LogP contribution in [0.3, 0.4) is 0 Å². The number of aromatic nitrogens is 5. The van der Waals surface area contributed by atoms with Crippen LogP contribution in [-0.4, -0.2) is 61.5 Å². The van der Waals surface area contributed by atoms with E-state index in [1.54, 1.807) is 6.20 Å². The average molecular weight is 487 g/mol. The van der Waals surface area contributed by atoms with Gasteiger partial charge in [-0.2, -0.15) is 9.61 Å². The lowest BCUT2D eigenvalue weighted by Crippen LogP contribution is -2.44. The summed E-state index contributed by atoms with van der Waals surface area (Å²) in [5, 5.41) is 4.59. The molecular weight excluding hydrogens is 458 g/mol. The second-order valence-corrected chi connectivity index (χ2v) is 8.60. The van der Waals surface area contributed by atoms with Gasteiger partial charge in [-0.25, -0.2) is 23.5 Å². The van der Waals surface area contributed by atoms with E-state index in [-0.39, 0.29) is 43.1 Å². The van der Waals surface area contributed by atoms with E-state index >= 15 is 0 Å². The van der Waals surface area contributed by atoms with E-state index in [0.29, 0.717) is 17.6 Å². The predicted octanol–water partition coefficient (Wildman–Crippen LogP) is 3.02. The number of morpholine rings is 1. The van der Waals surface area contributed by atoms with Crippen molar-refractivity contribution in [1.82, 2.24) is 29.0 Å². The highest BCUT2D eigenvalue weighted by atomic mass is 19.1. The molecule has 3 aromatic heterocycles. The Morgan fingerprint density at radius 2 is 1.74 bits per heavy atom. The number of ether oxygens (including phenoxy) is 2. The van der Waals surface area contributed by atoms with Crippen molar-refractivity contribution in [2.75, 3.05) is 20.2 Å². The Kier molecular flexibility index (Phi) is 6.82. The zero-order valence-corrected chi connectivity index (χ0v) is 19.0. The second kappa shape index (κ2) is 9.67. The van der Waals surface area contributed by atoms with Crippen molar-refractivity contribution in [1.29, 1.82) is 0 Å². The van der Waals surface area contributed by atoms with Gasteiger partial charge in [0.1, 0.15) is 29.4 Å². The smallest absolute Gasteiger partial charge is 0.352 e. The topological polar surface area (TPSA) is 86.8 Å². The quantitative estimate of drug-likeness (QED) is 0.429. The van der Waals surface area contributed by atoms with Crippen LogP contribution >= 0.6 is 0 Å². The molecule has 4 heterocycles. The van der Waals surface area contributed by atoms with E-state index in [1.807, 2.05) is 19.9 Å². The molecule has 0 amide bonds. The summed E-state index contributed by atoms with van der Waals surface area (Å²) in [5.41, 5.74) is 0.666. The van der Waals surface area contributed by atoms with Gasteiger partial charge in [0.25, 0.3) is 0 Å². The summed E-state index contributed by atoms with van der Waals surface area (Å²) in [6.45, 7) is 5.94. The average Bonchev–Trinajstić information content (AvgIpc) is 3.28. The Labute approximate surface area is 200 Å². The van der Waals surface area contributed by atoms with Gasteiger partial charge in [-0.3, -0.25) is 9.47 Å². The first-order valence-electron chi connectivity index (χ1n) is 10.9. The molecule has 11 heteroatoms. The van der Waals surface area contributed by atoms with Crippen molar-refractivity contribution >= 4 is 16.7 Å². The lowest BCUT2D eigenvalue weighted by Gasteiger charge is -2.35. The van der Waals surface area contributed by atoms with Crippen molar-refractivity contribution in [3.63, 3.8) is 0 Å². The molecule has 9 nitrogen and oxygen atoms in total. The van der Waals surface area contributed by atoms with E-state index in [9.17, 15) is 13.6 Å². The number of pyridine rings is 1. The van der Waals surface area contributed by atoms with Gasteiger partial charge in [0, 0.05) is 43.5 Å². The van der Waals surface area contributed by atoms with Gasteiger partial charge in [0.15, 0.2) is 5.65 Å². The van der Waals surface area contributed by atoms with E-state index < -0.39 is 17.3 Å². The van der Waals surface area contributed by atoms with Crippen LogP contribution in [0.1, 0.15) is 32.4 Å². The normalized spacial score (nSPS) is 18.7.